The SMILES string of the molecule is CCCCCCCCCc1ccc(-c2cnc(-c3ccc(OC(C)C(=O)O)cc3)nc2)cc1. The molecule has 3 rings (SSSR count). The molecule has 0 fully saturated rings. The van der Waals surface area contributed by atoms with Crippen molar-refractivity contribution < 1.29 is 14.6 Å². The van der Waals surface area contributed by atoms with E-state index in [1.165, 1.54) is 57.4 Å². The van der Waals surface area contributed by atoms with Crippen LogP contribution in [-0.2, 0) is 11.2 Å². The van der Waals surface area contributed by atoms with Crippen molar-refractivity contribution in [2.45, 2.75) is 71.3 Å². The number of aromatic nitrogens is 2. The Morgan fingerprint density at radius 2 is 1.39 bits per heavy atom. The van der Waals surface area contributed by atoms with Gasteiger partial charge in [-0.2, -0.15) is 0 Å². The normalized spacial score (nSPS) is 11.8. The van der Waals surface area contributed by atoms with Gasteiger partial charge in [0.2, 0.25) is 0 Å². The highest BCUT2D eigenvalue weighted by Crippen LogP contribution is 2.23. The molecular formula is C28H34N2O3. The molecule has 0 aliphatic heterocycles. The second-order valence-electron chi connectivity index (χ2n) is 8.49. The number of hydrogen-bond donors (Lipinski definition) is 1. The molecule has 5 heteroatoms. The van der Waals surface area contributed by atoms with E-state index in [4.69, 9.17) is 9.84 Å². The Labute approximate surface area is 196 Å². The lowest BCUT2D eigenvalue weighted by Crippen LogP contribution is -2.22. The zero-order chi connectivity index (χ0) is 23.5. The number of carboxylic acid groups (broad SMARTS) is 1. The summed E-state index contributed by atoms with van der Waals surface area (Å²) in [6, 6.07) is 15.8. The number of benzene rings is 2. The summed E-state index contributed by atoms with van der Waals surface area (Å²) >= 11 is 0. The van der Waals surface area contributed by atoms with Gasteiger partial charge in [0, 0.05) is 23.5 Å². The second-order valence-corrected chi connectivity index (χ2v) is 8.49. The van der Waals surface area contributed by atoms with Crippen LogP contribution in [0.25, 0.3) is 22.5 Å². The minimum Gasteiger partial charge on any atom is -0.479 e. The van der Waals surface area contributed by atoms with Gasteiger partial charge in [0.15, 0.2) is 11.9 Å². The number of hydrogen-bond acceptors (Lipinski definition) is 4. The number of aliphatic carboxylic acids is 1. The predicted molar refractivity (Wildman–Crippen MR) is 132 cm³/mol. The summed E-state index contributed by atoms with van der Waals surface area (Å²) in [6.07, 6.45) is 13.2. The van der Waals surface area contributed by atoms with Crippen LogP contribution >= 0.6 is 0 Å². The fourth-order valence-electron chi connectivity index (χ4n) is 3.71. The van der Waals surface area contributed by atoms with E-state index in [2.05, 4.69) is 41.2 Å². The van der Waals surface area contributed by atoms with Crippen molar-refractivity contribution in [2.24, 2.45) is 0 Å². The molecule has 0 amide bonds. The maximum Gasteiger partial charge on any atom is 0.344 e. The lowest BCUT2D eigenvalue weighted by atomic mass is 10.0. The molecule has 1 unspecified atom stereocenters. The molecule has 0 aliphatic rings. The van der Waals surface area contributed by atoms with Crippen molar-refractivity contribution in [1.29, 1.82) is 0 Å². The summed E-state index contributed by atoms with van der Waals surface area (Å²) in [7, 11) is 0. The number of carbonyl (C=O) groups is 1. The molecule has 2 aromatic carbocycles. The molecule has 1 N–H and O–H groups in total. The average Bonchev–Trinajstić information content (AvgIpc) is 2.84. The third-order valence-electron chi connectivity index (χ3n) is 5.78. The van der Waals surface area contributed by atoms with Crippen molar-refractivity contribution in [3.05, 3.63) is 66.5 Å². The van der Waals surface area contributed by atoms with Gasteiger partial charge in [0.25, 0.3) is 0 Å². The molecule has 174 valence electrons. The van der Waals surface area contributed by atoms with Gasteiger partial charge in [-0.15, -0.1) is 0 Å². The molecule has 5 nitrogen and oxygen atoms in total. The molecule has 0 spiro atoms. The van der Waals surface area contributed by atoms with Gasteiger partial charge in [-0.1, -0.05) is 69.7 Å². The minimum absolute atomic E-state index is 0.502. The lowest BCUT2D eigenvalue weighted by molar-refractivity contribution is -0.144. The van der Waals surface area contributed by atoms with E-state index in [9.17, 15) is 4.79 Å². The van der Waals surface area contributed by atoms with Gasteiger partial charge in [0.1, 0.15) is 5.75 Å². The molecule has 0 radical (unpaired) electrons. The Bertz CT molecular complexity index is 983. The predicted octanol–water partition coefficient (Wildman–Crippen LogP) is 6.96. The van der Waals surface area contributed by atoms with E-state index in [1.54, 1.807) is 12.1 Å². The number of carboxylic acids is 1. The number of ether oxygens (including phenoxy) is 1. The Morgan fingerprint density at radius 1 is 0.818 bits per heavy atom. The number of unbranched alkanes of at least 4 members (excludes halogenated alkanes) is 6. The topological polar surface area (TPSA) is 72.3 Å². The third-order valence-corrected chi connectivity index (χ3v) is 5.78. The van der Waals surface area contributed by atoms with Crippen LogP contribution < -0.4 is 4.74 Å². The van der Waals surface area contributed by atoms with Gasteiger partial charge >= 0.3 is 5.97 Å². The van der Waals surface area contributed by atoms with Gasteiger partial charge in [-0.3, -0.25) is 0 Å². The quantitative estimate of drug-likeness (QED) is 0.287. The van der Waals surface area contributed by atoms with Gasteiger partial charge < -0.3 is 9.84 Å². The maximum absolute atomic E-state index is 10.9. The molecular weight excluding hydrogens is 412 g/mol. The van der Waals surface area contributed by atoms with E-state index < -0.39 is 12.1 Å². The first kappa shape index (κ1) is 24.4. The first-order chi connectivity index (χ1) is 16.1. The number of nitrogens with zero attached hydrogens (tertiary/aromatic N) is 2. The summed E-state index contributed by atoms with van der Waals surface area (Å²) in [6.45, 7) is 3.76. The zero-order valence-corrected chi connectivity index (χ0v) is 19.7. The highest BCUT2D eigenvalue weighted by Gasteiger charge is 2.12. The van der Waals surface area contributed by atoms with Crippen molar-refractivity contribution >= 4 is 5.97 Å². The van der Waals surface area contributed by atoms with Gasteiger partial charge in [0.05, 0.1) is 0 Å². The molecule has 33 heavy (non-hydrogen) atoms. The van der Waals surface area contributed by atoms with Crippen LogP contribution in [0.15, 0.2) is 60.9 Å². The van der Waals surface area contributed by atoms with E-state index in [0.717, 1.165) is 23.1 Å². The monoisotopic (exact) mass is 446 g/mol. The van der Waals surface area contributed by atoms with Crippen LogP contribution in [0.1, 0.15) is 64.4 Å². The molecule has 1 atom stereocenters. The van der Waals surface area contributed by atoms with Crippen LogP contribution in [0.2, 0.25) is 0 Å². The maximum atomic E-state index is 10.9. The Morgan fingerprint density at radius 3 is 2.00 bits per heavy atom. The van der Waals surface area contributed by atoms with Crippen molar-refractivity contribution in [2.75, 3.05) is 0 Å². The largest absolute Gasteiger partial charge is 0.479 e. The van der Waals surface area contributed by atoms with E-state index in [1.807, 2.05) is 24.5 Å². The average molecular weight is 447 g/mol. The molecule has 1 heterocycles. The summed E-state index contributed by atoms with van der Waals surface area (Å²) in [4.78, 5) is 19.9. The van der Waals surface area contributed by atoms with Crippen molar-refractivity contribution in [1.82, 2.24) is 9.97 Å². The summed E-state index contributed by atoms with van der Waals surface area (Å²) in [5.74, 6) is 0.123. The first-order valence-corrected chi connectivity index (χ1v) is 12.0. The fraction of sp³-hybridized carbons (Fsp3) is 0.393. The zero-order valence-electron chi connectivity index (χ0n) is 19.7. The Hall–Kier alpha value is -3.21. The molecule has 0 bridgehead atoms. The molecule has 0 saturated heterocycles. The Kier molecular flexibility index (Phi) is 9.43. The molecule has 0 aliphatic carbocycles. The first-order valence-electron chi connectivity index (χ1n) is 12.0. The van der Waals surface area contributed by atoms with E-state index >= 15 is 0 Å². The number of rotatable bonds is 13. The number of aryl methyl sites for hydroxylation is 1. The van der Waals surface area contributed by atoms with Crippen LogP contribution in [0.5, 0.6) is 5.75 Å². The molecule has 3 aromatic rings. The van der Waals surface area contributed by atoms with Crippen LogP contribution in [0, 0.1) is 0 Å². The molecule has 0 saturated carbocycles. The van der Waals surface area contributed by atoms with E-state index in [-0.39, 0.29) is 0 Å². The highest BCUT2D eigenvalue weighted by atomic mass is 16.5. The summed E-state index contributed by atoms with van der Waals surface area (Å²) in [5.41, 5.74) is 4.32. The fourth-order valence-corrected chi connectivity index (χ4v) is 3.71. The highest BCUT2D eigenvalue weighted by molar-refractivity contribution is 5.72. The third kappa shape index (κ3) is 7.70. The lowest BCUT2D eigenvalue weighted by Gasteiger charge is -2.10. The van der Waals surface area contributed by atoms with Crippen LogP contribution in [-0.4, -0.2) is 27.1 Å². The summed E-state index contributed by atoms with van der Waals surface area (Å²) in [5, 5.41) is 8.95. The van der Waals surface area contributed by atoms with Crippen molar-refractivity contribution in [3.63, 3.8) is 0 Å². The van der Waals surface area contributed by atoms with E-state index in [0.29, 0.717) is 11.6 Å². The van der Waals surface area contributed by atoms with Gasteiger partial charge in [-0.25, -0.2) is 14.8 Å². The molecule has 1 aromatic heterocycles. The minimum atomic E-state index is -0.996. The van der Waals surface area contributed by atoms with Crippen LogP contribution in [0.4, 0.5) is 0 Å². The smallest absolute Gasteiger partial charge is 0.344 e. The van der Waals surface area contributed by atoms with Crippen molar-refractivity contribution in [3.8, 4) is 28.3 Å². The van der Waals surface area contributed by atoms with Crippen LogP contribution in [0.3, 0.4) is 0 Å². The Balaban J connectivity index is 1.52. The standard InChI is InChI=1S/C28H34N2O3/c1-3-4-5-6-7-8-9-10-22-11-13-23(14-12-22)25-19-29-27(30-20-25)24-15-17-26(18-16-24)33-21(2)28(31)32/h11-21H,3-10H2,1-2H3,(H,31,32). The summed E-state index contributed by atoms with van der Waals surface area (Å²) < 4.78 is 5.36. The second kappa shape index (κ2) is 12.7. The van der Waals surface area contributed by atoms with Gasteiger partial charge in [-0.05, 0) is 55.2 Å².